The highest BCUT2D eigenvalue weighted by molar-refractivity contribution is 7.60. The molecule has 5 nitrogen and oxygen atoms in total. The number of carbonyl (C=O) groups is 1. The zero-order valence-electron chi connectivity index (χ0n) is 8.67. The Bertz CT molecular complexity index is 460. The molecule has 0 saturated heterocycles. The number of nitrogens with one attached hydrogen (secondary N) is 1. The third-order valence-corrected chi connectivity index (χ3v) is 2.82. The lowest BCUT2D eigenvalue weighted by Gasteiger charge is -2.07. The first kappa shape index (κ1) is 12.6. The lowest BCUT2D eigenvalue weighted by Crippen LogP contribution is -2.12. The highest BCUT2D eigenvalue weighted by Gasteiger charge is 2.16. The van der Waals surface area contributed by atoms with Crippen molar-refractivity contribution < 1.29 is 19.1 Å². The number of anilines is 1. The standard InChI is InChI=1S/C10H12NO4P/c1-7(2)10(12)11-8-3-5-9(6-4-8)16(13,14)15/h3-6H,1H2,2H3,(H,11,12)(H2,13,14,15). The summed E-state index contributed by atoms with van der Waals surface area (Å²) in [5, 5.41) is 2.45. The molecule has 0 bridgehead atoms. The first-order chi connectivity index (χ1) is 7.30. The van der Waals surface area contributed by atoms with Crippen LogP contribution in [0.25, 0.3) is 0 Å². The van der Waals surface area contributed by atoms with Crippen LogP contribution in [0.5, 0.6) is 0 Å². The molecule has 0 radical (unpaired) electrons. The second kappa shape index (κ2) is 4.61. The van der Waals surface area contributed by atoms with Crippen molar-refractivity contribution in [1.82, 2.24) is 0 Å². The van der Waals surface area contributed by atoms with Crippen molar-refractivity contribution in [2.45, 2.75) is 6.92 Å². The van der Waals surface area contributed by atoms with E-state index in [1.165, 1.54) is 24.3 Å². The van der Waals surface area contributed by atoms with Crippen molar-refractivity contribution in [3.05, 3.63) is 36.4 Å². The zero-order chi connectivity index (χ0) is 12.3. The smallest absolute Gasteiger partial charge is 0.322 e. The summed E-state index contributed by atoms with van der Waals surface area (Å²) in [4.78, 5) is 28.9. The van der Waals surface area contributed by atoms with Crippen LogP contribution in [0.15, 0.2) is 36.4 Å². The van der Waals surface area contributed by atoms with E-state index in [1.807, 2.05) is 0 Å². The molecule has 0 aliphatic rings. The van der Waals surface area contributed by atoms with Crippen molar-refractivity contribution in [3.8, 4) is 0 Å². The van der Waals surface area contributed by atoms with Gasteiger partial charge in [-0.25, -0.2) is 0 Å². The molecule has 1 rings (SSSR count). The number of amides is 1. The summed E-state index contributed by atoms with van der Waals surface area (Å²) in [5.74, 6) is -0.330. The van der Waals surface area contributed by atoms with Gasteiger partial charge in [-0.1, -0.05) is 6.58 Å². The van der Waals surface area contributed by atoms with Gasteiger partial charge < -0.3 is 15.1 Å². The van der Waals surface area contributed by atoms with Gasteiger partial charge in [0.2, 0.25) is 0 Å². The minimum absolute atomic E-state index is 0.0826. The van der Waals surface area contributed by atoms with Gasteiger partial charge in [0.25, 0.3) is 5.91 Å². The fraction of sp³-hybridized carbons (Fsp3) is 0.100. The molecular weight excluding hydrogens is 229 g/mol. The van der Waals surface area contributed by atoms with E-state index in [2.05, 4.69) is 11.9 Å². The fourth-order valence-corrected chi connectivity index (χ4v) is 1.51. The van der Waals surface area contributed by atoms with Crippen molar-refractivity contribution in [2.24, 2.45) is 0 Å². The van der Waals surface area contributed by atoms with E-state index >= 15 is 0 Å². The van der Waals surface area contributed by atoms with E-state index in [-0.39, 0.29) is 11.2 Å². The molecule has 1 aromatic carbocycles. The molecule has 3 N–H and O–H groups in total. The van der Waals surface area contributed by atoms with Crippen LogP contribution in [0.4, 0.5) is 5.69 Å². The first-order valence-corrected chi connectivity index (χ1v) is 6.05. The van der Waals surface area contributed by atoms with Gasteiger partial charge >= 0.3 is 7.60 Å². The normalized spacial score (nSPS) is 10.9. The van der Waals surface area contributed by atoms with E-state index in [9.17, 15) is 9.36 Å². The second-order valence-corrected chi connectivity index (χ2v) is 4.93. The molecule has 86 valence electrons. The minimum atomic E-state index is -4.22. The number of hydrogen-bond donors (Lipinski definition) is 3. The molecule has 0 saturated carbocycles. The van der Waals surface area contributed by atoms with Gasteiger partial charge in [-0.2, -0.15) is 0 Å². The number of benzene rings is 1. The average Bonchev–Trinajstić information content (AvgIpc) is 2.17. The summed E-state index contributed by atoms with van der Waals surface area (Å²) >= 11 is 0. The van der Waals surface area contributed by atoms with Gasteiger partial charge in [-0.3, -0.25) is 9.36 Å². The Hall–Kier alpha value is -1.42. The van der Waals surface area contributed by atoms with Crippen LogP contribution in [0.1, 0.15) is 6.92 Å². The quantitative estimate of drug-likeness (QED) is 0.544. The van der Waals surface area contributed by atoms with Crippen LogP contribution in [0.2, 0.25) is 0 Å². The monoisotopic (exact) mass is 241 g/mol. The average molecular weight is 241 g/mol. The molecule has 1 aromatic rings. The van der Waals surface area contributed by atoms with E-state index in [1.54, 1.807) is 6.92 Å². The highest BCUT2D eigenvalue weighted by Crippen LogP contribution is 2.33. The van der Waals surface area contributed by atoms with E-state index in [4.69, 9.17) is 9.79 Å². The Morgan fingerprint density at radius 3 is 2.19 bits per heavy atom. The SMILES string of the molecule is C=C(C)C(=O)Nc1ccc(P(=O)(O)O)cc1. The van der Waals surface area contributed by atoms with Crippen LogP contribution >= 0.6 is 7.60 Å². The maximum absolute atomic E-state index is 11.2. The summed E-state index contributed by atoms with van der Waals surface area (Å²) in [7, 11) is -4.22. The third kappa shape index (κ3) is 3.31. The Morgan fingerprint density at radius 2 is 1.81 bits per heavy atom. The molecule has 16 heavy (non-hydrogen) atoms. The molecule has 0 heterocycles. The minimum Gasteiger partial charge on any atom is -0.322 e. The van der Waals surface area contributed by atoms with Gasteiger partial charge in [-0.15, -0.1) is 0 Å². The largest absolute Gasteiger partial charge is 0.356 e. The van der Waals surface area contributed by atoms with Crippen LogP contribution in [-0.2, 0) is 9.36 Å². The Kier molecular flexibility index (Phi) is 3.65. The molecule has 0 spiro atoms. The van der Waals surface area contributed by atoms with Crippen molar-refractivity contribution in [1.29, 1.82) is 0 Å². The van der Waals surface area contributed by atoms with Gasteiger partial charge in [0.05, 0.1) is 5.30 Å². The van der Waals surface area contributed by atoms with E-state index in [0.29, 0.717) is 11.3 Å². The van der Waals surface area contributed by atoms with Gasteiger partial charge in [0.15, 0.2) is 0 Å². The van der Waals surface area contributed by atoms with Crippen LogP contribution in [0.3, 0.4) is 0 Å². The van der Waals surface area contributed by atoms with Crippen LogP contribution < -0.4 is 10.6 Å². The topological polar surface area (TPSA) is 86.6 Å². The lowest BCUT2D eigenvalue weighted by atomic mass is 10.3. The van der Waals surface area contributed by atoms with E-state index in [0.717, 1.165) is 0 Å². The van der Waals surface area contributed by atoms with Crippen molar-refractivity contribution in [3.63, 3.8) is 0 Å². The molecule has 0 fully saturated rings. The lowest BCUT2D eigenvalue weighted by molar-refractivity contribution is -0.112. The van der Waals surface area contributed by atoms with Crippen LogP contribution in [0, 0.1) is 0 Å². The van der Waals surface area contributed by atoms with Crippen LogP contribution in [-0.4, -0.2) is 15.7 Å². The molecule has 0 unspecified atom stereocenters. The predicted molar refractivity (Wildman–Crippen MR) is 61.6 cm³/mol. The van der Waals surface area contributed by atoms with Gasteiger partial charge in [0, 0.05) is 11.3 Å². The molecule has 0 atom stereocenters. The van der Waals surface area contributed by atoms with Gasteiger partial charge in [0.1, 0.15) is 0 Å². The zero-order valence-corrected chi connectivity index (χ0v) is 9.57. The number of hydrogen-bond acceptors (Lipinski definition) is 2. The van der Waals surface area contributed by atoms with Crippen molar-refractivity contribution in [2.75, 3.05) is 5.32 Å². The Labute approximate surface area is 93.0 Å². The maximum atomic E-state index is 11.2. The summed E-state index contributed by atoms with van der Waals surface area (Å²) < 4.78 is 10.9. The first-order valence-electron chi connectivity index (χ1n) is 4.44. The van der Waals surface area contributed by atoms with Crippen molar-refractivity contribution >= 4 is 24.5 Å². The summed E-state index contributed by atoms with van der Waals surface area (Å²) in [6, 6.07) is 5.40. The molecule has 0 aliphatic heterocycles. The summed E-state index contributed by atoms with van der Waals surface area (Å²) in [6.45, 7) is 5.04. The molecule has 0 aromatic heterocycles. The molecule has 0 aliphatic carbocycles. The second-order valence-electron chi connectivity index (χ2n) is 3.33. The Morgan fingerprint density at radius 1 is 1.31 bits per heavy atom. The molecule has 6 heteroatoms. The molecular formula is C10H12NO4P. The maximum Gasteiger partial charge on any atom is 0.356 e. The predicted octanol–water partition coefficient (Wildman–Crippen LogP) is 1.00. The molecule has 1 amide bonds. The van der Waals surface area contributed by atoms with E-state index < -0.39 is 7.60 Å². The van der Waals surface area contributed by atoms with Gasteiger partial charge in [-0.05, 0) is 31.2 Å². The highest BCUT2D eigenvalue weighted by atomic mass is 31.2. The fourth-order valence-electron chi connectivity index (χ4n) is 0.977. The Balaban J connectivity index is 2.84. The summed E-state index contributed by atoms with van der Waals surface area (Å²) in [5.41, 5.74) is 0.823. The number of rotatable bonds is 3. The number of carbonyl (C=O) groups excluding carboxylic acids is 1. The third-order valence-electron chi connectivity index (χ3n) is 1.85. The summed E-state index contributed by atoms with van der Waals surface area (Å²) in [6.07, 6.45) is 0.